The minimum atomic E-state index is -0.838. The lowest BCUT2D eigenvalue weighted by atomic mass is 10.1. The smallest absolute Gasteiger partial charge is 0.344 e. The molecule has 0 saturated heterocycles. The Labute approximate surface area is 168 Å². The quantitative estimate of drug-likeness (QED) is 0.673. The van der Waals surface area contributed by atoms with Crippen LogP contribution in [0.1, 0.15) is 34.1 Å². The van der Waals surface area contributed by atoms with E-state index in [0.717, 1.165) is 16.8 Å². The van der Waals surface area contributed by atoms with Crippen LogP contribution < -0.4 is 10.7 Å². The van der Waals surface area contributed by atoms with Crippen molar-refractivity contribution in [2.75, 3.05) is 11.9 Å². The van der Waals surface area contributed by atoms with Gasteiger partial charge < -0.3 is 14.6 Å². The van der Waals surface area contributed by atoms with Crippen molar-refractivity contribution in [3.63, 3.8) is 0 Å². The second kappa shape index (κ2) is 8.26. The van der Waals surface area contributed by atoms with Gasteiger partial charge in [-0.1, -0.05) is 6.07 Å². The number of aryl methyl sites for hydroxylation is 4. The molecule has 0 saturated carbocycles. The highest BCUT2D eigenvalue weighted by atomic mass is 16.5. The van der Waals surface area contributed by atoms with E-state index < -0.39 is 23.9 Å². The van der Waals surface area contributed by atoms with Gasteiger partial charge in [-0.25, -0.2) is 9.78 Å². The van der Waals surface area contributed by atoms with Crippen molar-refractivity contribution in [2.45, 2.75) is 34.2 Å². The van der Waals surface area contributed by atoms with Crippen molar-refractivity contribution in [3.05, 3.63) is 69.1 Å². The number of rotatable bonds is 5. The Kier molecular flexibility index (Phi) is 5.77. The minimum Gasteiger partial charge on any atom is -0.452 e. The predicted molar refractivity (Wildman–Crippen MR) is 111 cm³/mol. The highest BCUT2D eigenvalue weighted by Crippen LogP contribution is 2.14. The van der Waals surface area contributed by atoms with Gasteiger partial charge in [0.1, 0.15) is 11.2 Å². The Morgan fingerprint density at radius 2 is 1.86 bits per heavy atom. The first-order valence-electron chi connectivity index (χ1n) is 9.35. The number of pyridine rings is 2. The van der Waals surface area contributed by atoms with E-state index in [1.54, 1.807) is 22.8 Å². The van der Waals surface area contributed by atoms with Gasteiger partial charge in [-0.3, -0.25) is 9.59 Å². The number of aromatic nitrogens is 2. The van der Waals surface area contributed by atoms with Gasteiger partial charge in [0.2, 0.25) is 5.43 Å². The Morgan fingerprint density at radius 3 is 2.55 bits per heavy atom. The highest BCUT2D eigenvalue weighted by molar-refractivity contribution is 5.96. The molecular weight excluding hydrogens is 370 g/mol. The topological polar surface area (TPSA) is 90.3 Å². The van der Waals surface area contributed by atoms with Crippen LogP contribution in [-0.2, 0) is 16.1 Å². The fraction of sp³-hybridized carbons (Fsp3) is 0.273. The molecule has 0 radical (unpaired) electrons. The molecular formula is C22H23N3O4. The number of amides is 1. The Balaban J connectivity index is 1.76. The molecule has 7 heteroatoms. The molecule has 0 aliphatic carbocycles. The molecule has 29 heavy (non-hydrogen) atoms. The monoisotopic (exact) mass is 393 g/mol. The van der Waals surface area contributed by atoms with Crippen LogP contribution >= 0.6 is 0 Å². The van der Waals surface area contributed by atoms with E-state index in [1.165, 1.54) is 6.20 Å². The van der Waals surface area contributed by atoms with E-state index in [0.29, 0.717) is 23.3 Å². The molecule has 3 rings (SSSR count). The summed E-state index contributed by atoms with van der Waals surface area (Å²) in [5.41, 5.74) is 3.48. The molecule has 2 aromatic heterocycles. The zero-order valence-corrected chi connectivity index (χ0v) is 16.9. The number of carbonyl (C=O) groups excluding carboxylic acids is 2. The van der Waals surface area contributed by atoms with Crippen molar-refractivity contribution in [1.29, 1.82) is 0 Å². The number of carbonyl (C=O) groups is 2. The van der Waals surface area contributed by atoms with Crippen molar-refractivity contribution in [3.8, 4) is 0 Å². The number of benzene rings is 1. The highest BCUT2D eigenvalue weighted by Gasteiger charge is 2.18. The van der Waals surface area contributed by atoms with Gasteiger partial charge in [-0.2, -0.15) is 0 Å². The van der Waals surface area contributed by atoms with Crippen LogP contribution in [0.3, 0.4) is 0 Å². The van der Waals surface area contributed by atoms with Gasteiger partial charge in [0.15, 0.2) is 6.61 Å². The minimum absolute atomic E-state index is 0.121. The van der Waals surface area contributed by atoms with Crippen LogP contribution in [0.5, 0.6) is 0 Å². The number of hydrogen-bond donors (Lipinski definition) is 1. The zero-order valence-electron chi connectivity index (χ0n) is 16.9. The van der Waals surface area contributed by atoms with Crippen LogP contribution in [0, 0.1) is 20.8 Å². The van der Waals surface area contributed by atoms with E-state index >= 15 is 0 Å². The zero-order chi connectivity index (χ0) is 21.1. The molecule has 0 aliphatic rings. The van der Waals surface area contributed by atoms with Crippen molar-refractivity contribution >= 4 is 28.6 Å². The third-order valence-electron chi connectivity index (χ3n) is 4.75. The fourth-order valence-corrected chi connectivity index (χ4v) is 2.97. The molecule has 1 aromatic carbocycles. The van der Waals surface area contributed by atoms with E-state index in [4.69, 9.17) is 4.74 Å². The standard InChI is InChI=1S/C22H23N3O4/c1-5-25-11-18(20(27)17-9-7-15(4)23-21(17)25)22(28)29-12-19(26)24-16-8-6-13(2)14(3)10-16/h6-11H,5,12H2,1-4H3,(H,24,26). The molecule has 1 N–H and O–H groups in total. The summed E-state index contributed by atoms with van der Waals surface area (Å²) in [7, 11) is 0. The summed E-state index contributed by atoms with van der Waals surface area (Å²) in [6.45, 7) is 7.69. The normalized spacial score (nSPS) is 10.8. The first kappa shape index (κ1) is 20.3. The summed E-state index contributed by atoms with van der Waals surface area (Å²) in [6, 6.07) is 8.88. The van der Waals surface area contributed by atoms with Gasteiger partial charge in [0.05, 0.1) is 5.39 Å². The Morgan fingerprint density at radius 1 is 1.10 bits per heavy atom. The van der Waals surface area contributed by atoms with Crippen LogP contribution in [-0.4, -0.2) is 28.0 Å². The molecule has 3 aromatic rings. The average Bonchev–Trinajstić information content (AvgIpc) is 2.69. The maximum absolute atomic E-state index is 12.7. The lowest BCUT2D eigenvalue weighted by Gasteiger charge is -2.11. The Hall–Kier alpha value is -3.48. The number of hydrogen-bond acceptors (Lipinski definition) is 5. The molecule has 0 aliphatic heterocycles. The number of anilines is 1. The molecule has 0 fully saturated rings. The molecule has 0 spiro atoms. The second-order valence-electron chi connectivity index (χ2n) is 6.91. The van der Waals surface area contributed by atoms with E-state index in [1.807, 2.05) is 39.8 Å². The maximum atomic E-state index is 12.7. The fourth-order valence-electron chi connectivity index (χ4n) is 2.97. The van der Waals surface area contributed by atoms with E-state index in [9.17, 15) is 14.4 Å². The SMILES string of the molecule is CCn1cc(C(=O)OCC(=O)Nc2ccc(C)c(C)c2)c(=O)c2ccc(C)nc21. The van der Waals surface area contributed by atoms with Crippen LogP contribution in [0.15, 0.2) is 41.3 Å². The van der Waals surface area contributed by atoms with Gasteiger partial charge >= 0.3 is 5.97 Å². The summed E-state index contributed by atoms with van der Waals surface area (Å²) in [4.78, 5) is 41.7. The summed E-state index contributed by atoms with van der Waals surface area (Å²) >= 11 is 0. The predicted octanol–water partition coefficient (Wildman–Crippen LogP) is 3.14. The van der Waals surface area contributed by atoms with Crippen LogP contribution in [0.4, 0.5) is 5.69 Å². The first-order valence-corrected chi connectivity index (χ1v) is 9.35. The van der Waals surface area contributed by atoms with Crippen LogP contribution in [0.25, 0.3) is 11.0 Å². The summed E-state index contributed by atoms with van der Waals surface area (Å²) in [5, 5.41) is 3.02. The Bertz CT molecular complexity index is 1160. The second-order valence-corrected chi connectivity index (χ2v) is 6.91. The molecule has 0 bridgehead atoms. The number of nitrogens with one attached hydrogen (secondary N) is 1. The molecule has 0 atom stereocenters. The van der Waals surface area contributed by atoms with Gasteiger partial charge in [-0.05, 0) is 63.1 Å². The van der Waals surface area contributed by atoms with E-state index in [2.05, 4.69) is 10.3 Å². The molecule has 2 heterocycles. The lowest BCUT2D eigenvalue weighted by Crippen LogP contribution is -2.25. The summed E-state index contributed by atoms with van der Waals surface area (Å²) < 4.78 is 6.80. The third kappa shape index (κ3) is 4.34. The van der Waals surface area contributed by atoms with E-state index in [-0.39, 0.29) is 5.56 Å². The van der Waals surface area contributed by atoms with Crippen molar-refractivity contribution < 1.29 is 14.3 Å². The average molecular weight is 393 g/mol. The molecule has 150 valence electrons. The van der Waals surface area contributed by atoms with Gasteiger partial charge in [0, 0.05) is 24.1 Å². The third-order valence-corrected chi connectivity index (χ3v) is 4.75. The first-order chi connectivity index (χ1) is 13.8. The summed E-state index contributed by atoms with van der Waals surface area (Å²) in [6.07, 6.45) is 1.43. The van der Waals surface area contributed by atoms with Crippen molar-refractivity contribution in [1.82, 2.24) is 9.55 Å². The number of ether oxygens (including phenoxy) is 1. The van der Waals surface area contributed by atoms with Crippen LogP contribution in [0.2, 0.25) is 0 Å². The van der Waals surface area contributed by atoms with Gasteiger partial charge in [-0.15, -0.1) is 0 Å². The van der Waals surface area contributed by atoms with Gasteiger partial charge in [0.25, 0.3) is 5.91 Å². The lowest BCUT2D eigenvalue weighted by molar-refractivity contribution is -0.119. The van der Waals surface area contributed by atoms with Crippen molar-refractivity contribution in [2.24, 2.45) is 0 Å². The summed E-state index contributed by atoms with van der Waals surface area (Å²) in [5.74, 6) is -1.31. The largest absolute Gasteiger partial charge is 0.452 e. The number of nitrogens with zero attached hydrogens (tertiary/aromatic N) is 2. The molecule has 1 amide bonds. The maximum Gasteiger partial charge on any atom is 0.344 e. The number of esters is 1. The number of fused-ring (bicyclic) bond motifs is 1. The molecule has 7 nitrogen and oxygen atoms in total. The molecule has 0 unspecified atom stereocenters.